The molecule has 2 aromatic carbocycles. The van der Waals surface area contributed by atoms with Gasteiger partial charge in [0.15, 0.2) is 5.58 Å². The van der Waals surface area contributed by atoms with Gasteiger partial charge in [0.2, 0.25) is 5.89 Å². The molecule has 0 amide bonds. The van der Waals surface area contributed by atoms with E-state index in [2.05, 4.69) is 20.9 Å². The van der Waals surface area contributed by atoms with Crippen molar-refractivity contribution in [2.75, 3.05) is 0 Å². The van der Waals surface area contributed by atoms with Crippen molar-refractivity contribution < 1.29 is 19.4 Å². The number of nitrogens with zero attached hydrogens (tertiary/aromatic N) is 1. The van der Waals surface area contributed by atoms with Gasteiger partial charge in [0, 0.05) is 6.08 Å². The van der Waals surface area contributed by atoms with Crippen LogP contribution in [0.2, 0.25) is 0 Å². The zero-order valence-electron chi connectivity index (χ0n) is 11.2. The van der Waals surface area contributed by atoms with E-state index in [1.54, 1.807) is 36.4 Å². The zero-order valence-corrected chi connectivity index (χ0v) is 12.7. The van der Waals surface area contributed by atoms with E-state index in [1.807, 2.05) is 0 Å². The number of fused-ring (bicyclic) bond motifs is 1. The maximum absolute atomic E-state index is 10.9. The molecule has 110 valence electrons. The van der Waals surface area contributed by atoms with Gasteiger partial charge in [-0.05, 0) is 57.9 Å². The molecule has 0 bridgehead atoms. The highest BCUT2D eigenvalue weighted by molar-refractivity contribution is 9.10. The number of aromatic hydroxyl groups is 1. The first-order valence-corrected chi connectivity index (χ1v) is 7.13. The lowest BCUT2D eigenvalue weighted by Gasteiger charge is -1.97. The number of hydrogen-bond acceptors (Lipinski definition) is 4. The Morgan fingerprint density at radius 1 is 1.18 bits per heavy atom. The van der Waals surface area contributed by atoms with Gasteiger partial charge in [-0.25, -0.2) is 9.78 Å². The predicted molar refractivity (Wildman–Crippen MR) is 85.7 cm³/mol. The molecule has 0 saturated heterocycles. The van der Waals surface area contributed by atoms with Gasteiger partial charge in [-0.1, -0.05) is 6.07 Å². The van der Waals surface area contributed by atoms with E-state index in [4.69, 9.17) is 9.52 Å². The highest BCUT2D eigenvalue weighted by atomic mass is 79.9. The highest BCUT2D eigenvalue weighted by Crippen LogP contribution is 2.25. The van der Waals surface area contributed by atoms with E-state index < -0.39 is 5.97 Å². The third-order valence-electron chi connectivity index (χ3n) is 3.04. The summed E-state index contributed by atoms with van der Waals surface area (Å²) in [4.78, 5) is 15.2. The van der Waals surface area contributed by atoms with Crippen LogP contribution in [0.4, 0.5) is 0 Å². The van der Waals surface area contributed by atoms with Crippen LogP contribution in [0.25, 0.3) is 23.3 Å². The molecule has 5 nitrogen and oxygen atoms in total. The topological polar surface area (TPSA) is 83.6 Å². The second kappa shape index (κ2) is 5.65. The lowest BCUT2D eigenvalue weighted by Crippen LogP contribution is -1.94. The van der Waals surface area contributed by atoms with Crippen molar-refractivity contribution in [3.8, 4) is 5.75 Å². The predicted octanol–water partition coefficient (Wildman–Crippen LogP) is 4.16. The summed E-state index contributed by atoms with van der Waals surface area (Å²) >= 11 is 3.24. The lowest BCUT2D eigenvalue weighted by molar-refractivity contribution is 0.0697. The lowest BCUT2D eigenvalue weighted by atomic mass is 10.2. The van der Waals surface area contributed by atoms with E-state index in [1.165, 1.54) is 12.1 Å². The molecule has 1 aromatic heterocycles. The average molecular weight is 360 g/mol. The summed E-state index contributed by atoms with van der Waals surface area (Å²) in [7, 11) is 0. The minimum Gasteiger partial charge on any atom is -0.507 e. The van der Waals surface area contributed by atoms with Crippen molar-refractivity contribution >= 4 is 45.2 Å². The Kier molecular flexibility index (Phi) is 3.68. The van der Waals surface area contributed by atoms with Gasteiger partial charge < -0.3 is 14.6 Å². The molecule has 22 heavy (non-hydrogen) atoms. The SMILES string of the molecule is O=C(O)c1ccc2nc(C=Cc3ccc(O)c(Br)c3)oc2c1. The third-order valence-corrected chi connectivity index (χ3v) is 3.68. The fourth-order valence-electron chi connectivity index (χ4n) is 1.94. The number of aromatic carboxylic acids is 1. The maximum atomic E-state index is 10.9. The van der Waals surface area contributed by atoms with Crippen LogP contribution in [-0.4, -0.2) is 21.2 Å². The molecule has 0 spiro atoms. The summed E-state index contributed by atoms with van der Waals surface area (Å²) in [5.74, 6) is -0.466. The molecular formula is C16H10BrNO4. The van der Waals surface area contributed by atoms with Crippen molar-refractivity contribution in [1.82, 2.24) is 4.98 Å². The highest BCUT2D eigenvalue weighted by Gasteiger charge is 2.08. The van der Waals surface area contributed by atoms with Gasteiger partial charge in [-0.3, -0.25) is 0 Å². The first-order valence-electron chi connectivity index (χ1n) is 6.33. The molecular weight excluding hydrogens is 350 g/mol. The molecule has 0 radical (unpaired) electrons. The van der Waals surface area contributed by atoms with Crippen LogP contribution < -0.4 is 0 Å². The van der Waals surface area contributed by atoms with Crippen LogP contribution in [0.3, 0.4) is 0 Å². The monoisotopic (exact) mass is 359 g/mol. The molecule has 0 saturated carbocycles. The van der Waals surface area contributed by atoms with Crippen LogP contribution in [0.15, 0.2) is 45.3 Å². The number of halogens is 1. The Balaban J connectivity index is 1.91. The Labute approximate surface area is 133 Å². The van der Waals surface area contributed by atoms with E-state index in [-0.39, 0.29) is 11.3 Å². The second-order valence-corrected chi connectivity index (χ2v) is 5.44. The van der Waals surface area contributed by atoms with Crippen LogP contribution in [0.5, 0.6) is 5.75 Å². The minimum absolute atomic E-state index is 0.154. The molecule has 6 heteroatoms. The standard InChI is InChI=1S/C16H10BrNO4/c17-11-7-9(1-5-13(11)19)2-6-15-18-12-4-3-10(16(20)21)8-14(12)22-15/h1-8,19H,(H,20,21). The van der Waals surface area contributed by atoms with Crippen molar-refractivity contribution in [1.29, 1.82) is 0 Å². The normalized spacial score (nSPS) is 11.3. The molecule has 2 N–H and O–H groups in total. The molecule has 1 heterocycles. The summed E-state index contributed by atoms with van der Waals surface area (Å²) in [6, 6.07) is 9.63. The van der Waals surface area contributed by atoms with E-state index in [0.29, 0.717) is 21.5 Å². The number of carboxylic acid groups (broad SMARTS) is 1. The van der Waals surface area contributed by atoms with Crippen molar-refractivity contribution in [3.05, 3.63) is 57.9 Å². The summed E-state index contributed by atoms with van der Waals surface area (Å²) in [6.45, 7) is 0. The number of carbonyl (C=O) groups is 1. The van der Waals surface area contributed by atoms with Crippen LogP contribution in [0, 0.1) is 0 Å². The van der Waals surface area contributed by atoms with Crippen molar-refractivity contribution in [2.45, 2.75) is 0 Å². The van der Waals surface area contributed by atoms with Gasteiger partial charge in [0.05, 0.1) is 10.0 Å². The van der Waals surface area contributed by atoms with Crippen molar-refractivity contribution in [2.24, 2.45) is 0 Å². The van der Waals surface area contributed by atoms with Gasteiger partial charge in [0.25, 0.3) is 0 Å². The summed E-state index contributed by atoms with van der Waals surface area (Å²) in [5, 5.41) is 18.4. The van der Waals surface area contributed by atoms with Gasteiger partial charge in [-0.2, -0.15) is 0 Å². The fourth-order valence-corrected chi connectivity index (χ4v) is 2.34. The van der Waals surface area contributed by atoms with E-state index in [9.17, 15) is 9.90 Å². The van der Waals surface area contributed by atoms with Gasteiger partial charge in [0.1, 0.15) is 11.3 Å². The molecule has 0 aliphatic heterocycles. The molecule has 3 rings (SSSR count). The number of benzene rings is 2. The van der Waals surface area contributed by atoms with E-state index in [0.717, 1.165) is 5.56 Å². The first kappa shape index (κ1) is 14.3. The van der Waals surface area contributed by atoms with Crippen LogP contribution in [-0.2, 0) is 0 Å². The molecule has 0 unspecified atom stereocenters. The number of phenols is 1. The number of phenolic OH excluding ortho intramolecular Hbond substituents is 1. The molecule has 0 fully saturated rings. The summed E-state index contributed by atoms with van der Waals surface area (Å²) < 4.78 is 6.11. The van der Waals surface area contributed by atoms with Crippen LogP contribution in [0.1, 0.15) is 21.8 Å². The van der Waals surface area contributed by atoms with Crippen molar-refractivity contribution in [3.63, 3.8) is 0 Å². The van der Waals surface area contributed by atoms with Gasteiger partial charge >= 0.3 is 5.97 Å². The second-order valence-electron chi connectivity index (χ2n) is 4.58. The summed E-state index contributed by atoms with van der Waals surface area (Å²) in [6.07, 6.45) is 3.46. The maximum Gasteiger partial charge on any atom is 0.335 e. The Hall–Kier alpha value is -2.60. The molecule has 0 atom stereocenters. The largest absolute Gasteiger partial charge is 0.507 e. The number of aromatic nitrogens is 1. The van der Waals surface area contributed by atoms with Gasteiger partial charge in [-0.15, -0.1) is 0 Å². The zero-order chi connectivity index (χ0) is 15.7. The van der Waals surface area contributed by atoms with Crippen LogP contribution >= 0.6 is 15.9 Å². The quantitative estimate of drug-likeness (QED) is 0.733. The molecule has 0 aliphatic rings. The third kappa shape index (κ3) is 2.87. The number of carboxylic acids is 1. The summed E-state index contributed by atoms with van der Waals surface area (Å²) in [5.41, 5.74) is 2.03. The Morgan fingerprint density at radius 3 is 2.73 bits per heavy atom. The average Bonchev–Trinajstić information content (AvgIpc) is 2.90. The van der Waals surface area contributed by atoms with E-state index >= 15 is 0 Å². The minimum atomic E-state index is -1.01. The first-order chi connectivity index (χ1) is 10.5. The Bertz CT molecular complexity index is 898. The fraction of sp³-hybridized carbons (Fsp3) is 0. The smallest absolute Gasteiger partial charge is 0.335 e. The molecule has 0 aliphatic carbocycles. The number of oxazole rings is 1. The number of hydrogen-bond donors (Lipinski definition) is 2. The molecule has 3 aromatic rings. The number of rotatable bonds is 3. The Morgan fingerprint density at radius 2 is 2.00 bits per heavy atom.